The minimum atomic E-state index is -0.280. The van der Waals surface area contributed by atoms with Crippen LogP contribution in [0.3, 0.4) is 0 Å². The molecule has 0 radical (unpaired) electrons. The van der Waals surface area contributed by atoms with Crippen molar-refractivity contribution in [2.24, 2.45) is 17.3 Å². The van der Waals surface area contributed by atoms with E-state index in [1.165, 1.54) is 27.9 Å². The van der Waals surface area contributed by atoms with Gasteiger partial charge in [-0.15, -0.1) is 0 Å². The van der Waals surface area contributed by atoms with E-state index in [9.17, 15) is 0 Å². The van der Waals surface area contributed by atoms with Gasteiger partial charge in [0.05, 0.1) is 5.60 Å². The van der Waals surface area contributed by atoms with Crippen molar-refractivity contribution in [3.8, 4) is 0 Å². The molecule has 26 heavy (non-hydrogen) atoms. The van der Waals surface area contributed by atoms with Gasteiger partial charge in [-0.25, -0.2) is 0 Å². The van der Waals surface area contributed by atoms with Crippen LogP contribution in [-0.4, -0.2) is 12.7 Å². The van der Waals surface area contributed by atoms with E-state index in [4.69, 9.17) is 4.74 Å². The first-order valence-corrected chi connectivity index (χ1v) is 8.97. The van der Waals surface area contributed by atoms with Gasteiger partial charge in [-0.1, -0.05) is 52.8 Å². The SMILES string of the molecule is COC1(C)C(C(C)C)=C(C)C(C)=C(C2=CC=CC2)C1(C)C(C)C.[Cl-].[Cl-].[Ti+2]. The van der Waals surface area contributed by atoms with Crippen molar-refractivity contribution in [2.75, 3.05) is 7.11 Å². The molecule has 0 heterocycles. The van der Waals surface area contributed by atoms with Crippen LogP contribution < -0.4 is 24.8 Å². The van der Waals surface area contributed by atoms with Crippen LogP contribution >= 0.6 is 0 Å². The van der Waals surface area contributed by atoms with Gasteiger partial charge in [0.1, 0.15) is 0 Å². The van der Waals surface area contributed by atoms with Gasteiger partial charge in [0.25, 0.3) is 0 Å². The monoisotopic (exact) mass is 432 g/mol. The zero-order valence-corrected chi connectivity index (χ0v) is 20.8. The predicted octanol–water partition coefficient (Wildman–Crippen LogP) is 0.248. The van der Waals surface area contributed by atoms with Crippen molar-refractivity contribution in [2.45, 2.75) is 67.4 Å². The molecule has 0 saturated carbocycles. The Morgan fingerprint density at radius 2 is 1.54 bits per heavy atom. The van der Waals surface area contributed by atoms with E-state index in [1.807, 2.05) is 7.11 Å². The van der Waals surface area contributed by atoms with E-state index >= 15 is 0 Å². The summed E-state index contributed by atoms with van der Waals surface area (Å²) in [5.41, 5.74) is 6.98. The molecule has 146 valence electrons. The second kappa shape index (κ2) is 10.1. The van der Waals surface area contributed by atoms with Crippen LogP contribution in [0.5, 0.6) is 0 Å². The first-order chi connectivity index (χ1) is 10.6. The zero-order chi connectivity index (χ0) is 17.6. The molecule has 0 aromatic heterocycles. The second-order valence-electron chi connectivity index (χ2n) is 8.11. The normalized spacial score (nSPS) is 28.0. The number of allylic oxidation sites excluding steroid dienone is 6. The summed E-state index contributed by atoms with van der Waals surface area (Å²) < 4.78 is 6.30. The molecule has 2 aliphatic carbocycles. The first-order valence-electron chi connectivity index (χ1n) is 8.97. The number of hydrogen-bond donors (Lipinski definition) is 0. The standard InChI is InChI=1S/C22H34O.2ClH.Ti/c1-14(2)19-16(5)17(6)20(18-12-10-11-13-18)21(7,15(3)4)22(19,8)23-9;;;/h10-12,14-15H,13H2,1-9H3;2*1H;/q;;;+2/p-2. The zero-order valence-electron chi connectivity index (χ0n) is 17.8. The molecular weight excluding hydrogens is 399 g/mol. The fraction of sp³-hybridized carbons (Fsp3) is 0.636. The van der Waals surface area contributed by atoms with E-state index in [-0.39, 0.29) is 57.5 Å². The van der Waals surface area contributed by atoms with Crippen LogP contribution in [0.4, 0.5) is 0 Å². The number of rotatable bonds is 4. The first kappa shape index (κ1) is 28.4. The third kappa shape index (κ3) is 3.99. The smallest absolute Gasteiger partial charge is 1.00 e. The molecule has 0 N–H and O–H groups in total. The topological polar surface area (TPSA) is 9.23 Å². The van der Waals surface area contributed by atoms with Crippen molar-refractivity contribution in [1.82, 2.24) is 0 Å². The van der Waals surface area contributed by atoms with Crippen molar-refractivity contribution < 1.29 is 51.3 Å². The largest absolute Gasteiger partial charge is 2.00 e. The van der Waals surface area contributed by atoms with Gasteiger partial charge in [-0.05, 0) is 66.9 Å². The summed E-state index contributed by atoms with van der Waals surface area (Å²) in [5, 5.41) is 0. The molecule has 1 nitrogen and oxygen atoms in total. The number of hydrogen-bond acceptors (Lipinski definition) is 1. The quantitative estimate of drug-likeness (QED) is 0.578. The molecule has 0 aliphatic heterocycles. The fourth-order valence-electron chi connectivity index (χ4n) is 5.01. The van der Waals surface area contributed by atoms with Crippen molar-refractivity contribution in [3.63, 3.8) is 0 Å². The van der Waals surface area contributed by atoms with Gasteiger partial charge in [0, 0.05) is 12.5 Å². The van der Waals surface area contributed by atoms with E-state index in [2.05, 4.69) is 73.6 Å². The molecule has 2 unspecified atom stereocenters. The molecule has 0 bridgehead atoms. The summed E-state index contributed by atoms with van der Waals surface area (Å²) in [5.74, 6) is 0.964. The van der Waals surface area contributed by atoms with Crippen molar-refractivity contribution in [3.05, 3.63) is 46.1 Å². The summed E-state index contributed by atoms with van der Waals surface area (Å²) in [4.78, 5) is 0. The second-order valence-corrected chi connectivity index (χ2v) is 8.11. The Labute approximate surface area is 188 Å². The van der Waals surface area contributed by atoms with Crippen LogP contribution in [0.15, 0.2) is 46.1 Å². The van der Waals surface area contributed by atoms with E-state index < -0.39 is 0 Å². The van der Waals surface area contributed by atoms with Gasteiger partial charge >= 0.3 is 21.7 Å². The maximum absolute atomic E-state index is 6.30. The summed E-state index contributed by atoms with van der Waals surface area (Å²) in [7, 11) is 1.88. The Bertz CT molecular complexity index is 628. The molecule has 2 aliphatic rings. The Hall–Kier alpha value is 0.214. The Balaban J connectivity index is 0. The number of halogens is 2. The average molecular weight is 433 g/mol. The number of ether oxygens (including phenoxy) is 1. The average Bonchev–Trinajstić information content (AvgIpc) is 2.98. The van der Waals surface area contributed by atoms with Crippen molar-refractivity contribution in [1.29, 1.82) is 0 Å². The molecule has 4 heteroatoms. The molecule has 2 atom stereocenters. The minimum absolute atomic E-state index is 0. The Kier molecular flexibility index (Phi) is 11.1. The third-order valence-corrected chi connectivity index (χ3v) is 6.60. The van der Waals surface area contributed by atoms with Crippen LogP contribution in [0.1, 0.15) is 61.8 Å². The van der Waals surface area contributed by atoms with Gasteiger partial charge < -0.3 is 29.6 Å². The summed E-state index contributed by atoms with van der Waals surface area (Å²) in [6.45, 7) is 18.6. The molecule has 0 saturated heterocycles. The molecule has 0 fully saturated rings. The maximum atomic E-state index is 6.30. The molecular formula is C22H34Cl2OTi. The van der Waals surface area contributed by atoms with E-state index in [0.717, 1.165) is 6.42 Å². The van der Waals surface area contributed by atoms with Crippen LogP contribution in [0.2, 0.25) is 0 Å². The fourth-order valence-corrected chi connectivity index (χ4v) is 5.01. The van der Waals surface area contributed by atoms with Gasteiger partial charge in [-0.3, -0.25) is 0 Å². The predicted molar refractivity (Wildman–Crippen MR) is 100 cm³/mol. The number of methoxy groups -OCH3 is 1. The van der Waals surface area contributed by atoms with Crippen LogP contribution in [-0.2, 0) is 26.5 Å². The van der Waals surface area contributed by atoms with Gasteiger partial charge in [0.2, 0.25) is 0 Å². The molecule has 0 aromatic rings. The molecule has 0 spiro atoms. The summed E-state index contributed by atoms with van der Waals surface area (Å²) in [6, 6.07) is 0. The maximum Gasteiger partial charge on any atom is 2.00 e. The molecule has 0 aromatic carbocycles. The van der Waals surface area contributed by atoms with Gasteiger partial charge in [0.15, 0.2) is 0 Å². The third-order valence-electron chi connectivity index (χ3n) is 6.60. The Morgan fingerprint density at radius 3 is 1.88 bits per heavy atom. The van der Waals surface area contributed by atoms with Crippen molar-refractivity contribution >= 4 is 0 Å². The minimum Gasteiger partial charge on any atom is -1.00 e. The van der Waals surface area contributed by atoms with Gasteiger partial charge in [-0.2, -0.15) is 0 Å². The van der Waals surface area contributed by atoms with E-state index in [0.29, 0.717) is 11.8 Å². The van der Waals surface area contributed by atoms with Crippen LogP contribution in [0.25, 0.3) is 0 Å². The summed E-state index contributed by atoms with van der Waals surface area (Å²) >= 11 is 0. The Morgan fingerprint density at radius 1 is 1.00 bits per heavy atom. The molecule has 2 rings (SSSR count). The summed E-state index contributed by atoms with van der Waals surface area (Å²) in [6.07, 6.45) is 7.79. The molecule has 0 amide bonds. The van der Waals surface area contributed by atoms with Crippen LogP contribution in [0, 0.1) is 17.3 Å². The van der Waals surface area contributed by atoms with E-state index in [1.54, 1.807) is 0 Å².